The van der Waals surface area contributed by atoms with Crippen molar-refractivity contribution in [2.24, 2.45) is 0 Å². The summed E-state index contributed by atoms with van der Waals surface area (Å²) in [4.78, 5) is 10.5. The van der Waals surface area contributed by atoms with Crippen molar-refractivity contribution >= 4 is 16.4 Å². The van der Waals surface area contributed by atoms with Gasteiger partial charge in [0.2, 0.25) is 0 Å². The molecule has 0 aliphatic rings. The van der Waals surface area contributed by atoms with Crippen LogP contribution in [0.1, 0.15) is 10.4 Å². The molecule has 1 rings (SSSR count). The van der Waals surface area contributed by atoms with Gasteiger partial charge in [0, 0.05) is 6.07 Å². The number of hydrogen-bond donors (Lipinski definition) is 3. The number of carboxylic acid groups (broad SMARTS) is 1. The van der Waals surface area contributed by atoms with Gasteiger partial charge in [-0.3, -0.25) is 4.55 Å². The molecule has 3 N–H and O–H groups in total. The van der Waals surface area contributed by atoms with E-state index in [-0.39, 0.29) is 5.56 Å². The van der Waals surface area contributed by atoms with Gasteiger partial charge in [-0.15, -0.1) is 0 Å². The van der Waals surface area contributed by atoms with Crippen LogP contribution in [-0.2, 0) is 10.4 Å². The number of benzene rings is 1. The van der Waals surface area contributed by atoms with Crippen molar-refractivity contribution in [2.45, 2.75) is 0 Å². The summed E-state index contributed by atoms with van der Waals surface area (Å²) < 4.78 is 32.9. The van der Waals surface area contributed by atoms with Gasteiger partial charge >= 0.3 is 16.4 Å². The fraction of sp³-hybridized carbons (Fsp3) is 0. The standard InChI is InChI=1S/C7H6O7S/c8-5-2-1-4(7(9)10)3-6(5)14-15(11,12)13/h1-3,8H,(H,9,10)(H,11,12,13). The van der Waals surface area contributed by atoms with Crippen LogP contribution in [0.2, 0.25) is 0 Å². The van der Waals surface area contributed by atoms with Crippen LogP contribution in [0.25, 0.3) is 0 Å². The number of carbonyl (C=O) groups is 1. The topological polar surface area (TPSA) is 121 Å². The Morgan fingerprint density at radius 2 is 1.93 bits per heavy atom. The summed E-state index contributed by atoms with van der Waals surface area (Å²) in [5, 5.41) is 17.6. The molecule has 7 nitrogen and oxygen atoms in total. The Labute approximate surface area is 84.5 Å². The molecular weight excluding hydrogens is 228 g/mol. The van der Waals surface area contributed by atoms with Crippen LogP contribution in [0, 0.1) is 0 Å². The van der Waals surface area contributed by atoms with Crippen LogP contribution in [0.3, 0.4) is 0 Å². The summed E-state index contributed by atoms with van der Waals surface area (Å²) in [6.07, 6.45) is 0. The molecule has 0 amide bonds. The Morgan fingerprint density at radius 1 is 1.33 bits per heavy atom. The summed E-state index contributed by atoms with van der Waals surface area (Å²) in [6.45, 7) is 0. The van der Waals surface area contributed by atoms with E-state index in [1.807, 2.05) is 0 Å². The second-order valence-electron chi connectivity index (χ2n) is 2.50. The number of hydrogen-bond acceptors (Lipinski definition) is 5. The Morgan fingerprint density at radius 3 is 2.40 bits per heavy atom. The van der Waals surface area contributed by atoms with Gasteiger partial charge in [0.05, 0.1) is 5.56 Å². The van der Waals surface area contributed by atoms with Crippen LogP contribution in [0.15, 0.2) is 18.2 Å². The molecule has 0 atom stereocenters. The summed E-state index contributed by atoms with van der Waals surface area (Å²) >= 11 is 0. The maximum atomic E-state index is 10.5. The van der Waals surface area contributed by atoms with Gasteiger partial charge in [0.15, 0.2) is 11.5 Å². The van der Waals surface area contributed by atoms with Gasteiger partial charge in [0.1, 0.15) is 0 Å². The highest BCUT2D eigenvalue weighted by molar-refractivity contribution is 7.81. The van der Waals surface area contributed by atoms with E-state index >= 15 is 0 Å². The van der Waals surface area contributed by atoms with Crippen molar-refractivity contribution in [2.75, 3.05) is 0 Å². The molecule has 1 aromatic rings. The zero-order valence-electron chi connectivity index (χ0n) is 7.11. The Balaban J connectivity index is 3.17. The molecule has 0 aliphatic heterocycles. The molecular formula is C7H6O7S. The van der Waals surface area contributed by atoms with E-state index in [4.69, 9.17) is 14.8 Å². The first-order valence-corrected chi connectivity index (χ1v) is 4.89. The summed E-state index contributed by atoms with van der Waals surface area (Å²) in [5.74, 6) is -2.58. The number of phenolic OH excluding ortho intramolecular Hbond substituents is 1. The number of aromatic carboxylic acids is 1. The average Bonchev–Trinajstić information content (AvgIpc) is 2.06. The number of rotatable bonds is 3. The smallest absolute Gasteiger partial charge is 0.446 e. The Bertz CT molecular complexity index is 490. The zero-order chi connectivity index (χ0) is 11.6. The summed E-state index contributed by atoms with van der Waals surface area (Å²) in [6, 6.07) is 2.75. The van der Waals surface area contributed by atoms with Gasteiger partial charge in [-0.05, 0) is 12.1 Å². The third-order valence-electron chi connectivity index (χ3n) is 1.40. The fourth-order valence-corrected chi connectivity index (χ4v) is 1.19. The van der Waals surface area contributed by atoms with E-state index in [2.05, 4.69) is 4.18 Å². The normalized spacial score (nSPS) is 11.0. The lowest BCUT2D eigenvalue weighted by Crippen LogP contribution is -2.07. The quantitative estimate of drug-likeness (QED) is 0.641. The van der Waals surface area contributed by atoms with Gasteiger partial charge in [-0.25, -0.2) is 4.79 Å². The Hall–Kier alpha value is -1.80. The van der Waals surface area contributed by atoms with Crippen LogP contribution in [0.4, 0.5) is 0 Å². The van der Waals surface area contributed by atoms with Gasteiger partial charge in [-0.1, -0.05) is 0 Å². The largest absolute Gasteiger partial charge is 0.504 e. The molecule has 1 aromatic carbocycles. The number of carboxylic acids is 1. The summed E-state index contributed by atoms with van der Waals surface area (Å²) in [7, 11) is -4.80. The monoisotopic (exact) mass is 234 g/mol. The molecule has 8 heteroatoms. The first kappa shape index (κ1) is 11.3. The third-order valence-corrected chi connectivity index (χ3v) is 1.79. The SMILES string of the molecule is O=C(O)c1ccc(O)c(OS(=O)(=O)O)c1. The molecule has 0 saturated heterocycles. The van der Waals surface area contributed by atoms with E-state index in [0.717, 1.165) is 18.2 Å². The highest BCUT2D eigenvalue weighted by Gasteiger charge is 2.14. The van der Waals surface area contributed by atoms with Crippen LogP contribution in [0.5, 0.6) is 11.5 Å². The van der Waals surface area contributed by atoms with Gasteiger partial charge < -0.3 is 14.4 Å². The van der Waals surface area contributed by atoms with Crippen LogP contribution < -0.4 is 4.18 Å². The zero-order valence-corrected chi connectivity index (χ0v) is 7.93. The molecule has 0 heterocycles. The summed E-state index contributed by atoms with van der Waals surface area (Å²) in [5.41, 5.74) is -0.286. The molecule has 0 radical (unpaired) electrons. The first-order valence-electron chi connectivity index (χ1n) is 3.53. The number of aromatic hydroxyl groups is 1. The maximum absolute atomic E-state index is 10.5. The highest BCUT2D eigenvalue weighted by atomic mass is 32.3. The molecule has 0 bridgehead atoms. The molecule has 15 heavy (non-hydrogen) atoms. The number of phenols is 1. The average molecular weight is 234 g/mol. The van der Waals surface area contributed by atoms with E-state index in [1.54, 1.807) is 0 Å². The minimum absolute atomic E-state index is 0.286. The van der Waals surface area contributed by atoms with E-state index < -0.39 is 27.9 Å². The van der Waals surface area contributed by atoms with E-state index in [0.29, 0.717) is 0 Å². The van der Waals surface area contributed by atoms with Crippen molar-refractivity contribution in [3.05, 3.63) is 23.8 Å². The van der Waals surface area contributed by atoms with Crippen molar-refractivity contribution in [1.82, 2.24) is 0 Å². The van der Waals surface area contributed by atoms with Crippen molar-refractivity contribution < 1.29 is 32.2 Å². The van der Waals surface area contributed by atoms with Crippen molar-refractivity contribution in [3.8, 4) is 11.5 Å². The molecule has 0 fully saturated rings. The van der Waals surface area contributed by atoms with E-state index in [9.17, 15) is 13.2 Å². The second kappa shape index (κ2) is 3.75. The molecule has 0 spiro atoms. The third kappa shape index (κ3) is 3.11. The fourth-order valence-electron chi connectivity index (χ4n) is 0.827. The molecule has 0 aliphatic carbocycles. The molecule has 0 unspecified atom stereocenters. The van der Waals surface area contributed by atoms with Crippen molar-refractivity contribution in [3.63, 3.8) is 0 Å². The minimum Gasteiger partial charge on any atom is -0.504 e. The van der Waals surface area contributed by atoms with Gasteiger partial charge in [0.25, 0.3) is 0 Å². The molecule has 0 aromatic heterocycles. The predicted molar refractivity (Wildman–Crippen MR) is 47.2 cm³/mol. The lowest BCUT2D eigenvalue weighted by Gasteiger charge is -2.04. The highest BCUT2D eigenvalue weighted by Crippen LogP contribution is 2.27. The first-order chi connectivity index (χ1) is 6.79. The minimum atomic E-state index is -4.80. The molecule has 82 valence electrons. The lowest BCUT2D eigenvalue weighted by atomic mass is 10.2. The van der Waals surface area contributed by atoms with E-state index in [1.165, 1.54) is 0 Å². The lowest BCUT2D eigenvalue weighted by molar-refractivity contribution is 0.0696. The Kier molecular flexibility index (Phi) is 2.82. The molecule has 0 saturated carbocycles. The van der Waals surface area contributed by atoms with Gasteiger partial charge in [-0.2, -0.15) is 8.42 Å². The van der Waals surface area contributed by atoms with Crippen LogP contribution in [-0.4, -0.2) is 29.2 Å². The maximum Gasteiger partial charge on any atom is 0.446 e. The second-order valence-corrected chi connectivity index (χ2v) is 3.52. The predicted octanol–water partition coefficient (Wildman–Crippen LogP) is 0.272. The van der Waals surface area contributed by atoms with Crippen LogP contribution >= 0.6 is 0 Å². The van der Waals surface area contributed by atoms with Crippen molar-refractivity contribution in [1.29, 1.82) is 0 Å².